The molecule has 1 aromatic heterocycles. The van der Waals surface area contributed by atoms with Crippen LogP contribution in [0.25, 0.3) is 0 Å². The molecule has 3 aliphatic heterocycles. The van der Waals surface area contributed by atoms with Crippen LogP contribution in [0.1, 0.15) is 30.0 Å². The van der Waals surface area contributed by atoms with Gasteiger partial charge in [0.15, 0.2) is 0 Å². The van der Waals surface area contributed by atoms with E-state index in [0.29, 0.717) is 45.6 Å². The molecule has 1 amide bonds. The van der Waals surface area contributed by atoms with Gasteiger partial charge in [-0.2, -0.15) is 31.4 Å². The molecule has 2 unspecified atom stereocenters. The van der Waals surface area contributed by atoms with Gasteiger partial charge >= 0.3 is 18.4 Å². The van der Waals surface area contributed by atoms with Crippen molar-refractivity contribution >= 4 is 16.1 Å². The van der Waals surface area contributed by atoms with Gasteiger partial charge in [-0.25, -0.2) is 17.5 Å². The summed E-state index contributed by atoms with van der Waals surface area (Å²) in [5, 5.41) is 4.61. The van der Waals surface area contributed by atoms with Crippen molar-refractivity contribution in [3.63, 3.8) is 0 Å². The standard InChI is InChI=1S/C21H29F6N5O4S/c1-29-7-16(17(28-29)13-3-5-32(6-4-13)37(2,34)35)10-30-8-14-11-31(12-15(14)9-30)19(33)36-18(20(22,23)24)21(25,26)27/h7,13-15,18H,3-6,8-12H2,1-2H3. The molecule has 0 spiro atoms. The van der Waals surface area contributed by atoms with Gasteiger partial charge in [0.1, 0.15) is 0 Å². The van der Waals surface area contributed by atoms with Crippen molar-refractivity contribution in [2.75, 3.05) is 45.5 Å². The number of aryl methyl sites for hydroxylation is 1. The lowest BCUT2D eigenvalue weighted by Gasteiger charge is -2.30. The van der Waals surface area contributed by atoms with Crippen LogP contribution >= 0.6 is 0 Å². The number of carbonyl (C=O) groups excluding carboxylic acids is 1. The quantitative estimate of drug-likeness (QED) is 0.514. The van der Waals surface area contributed by atoms with Crippen LogP contribution in [0.5, 0.6) is 0 Å². The molecule has 0 N–H and O–H groups in total. The molecule has 37 heavy (non-hydrogen) atoms. The third-order valence-corrected chi connectivity index (χ3v) is 8.58. The van der Waals surface area contributed by atoms with Crippen molar-refractivity contribution in [3.05, 3.63) is 17.5 Å². The van der Waals surface area contributed by atoms with Crippen LogP contribution in [0.2, 0.25) is 0 Å². The van der Waals surface area contributed by atoms with Crippen LogP contribution in [-0.4, -0.2) is 102 Å². The first kappa shape index (κ1) is 28.0. The topological polar surface area (TPSA) is 88.0 Å². The Labute approximate surface area is 210 Å². The molecule has 3 fully saturated rings. The number of sulfonamides is 1. The Morgan fingerprint density at radius 2 is 1.59 bits per heavy atom. The highest BCUT2D eigenvalue weighted by molar-refractivity contribution is 7.88. The van der Waals surface area contributed by atoms with E-state index in [2.05, 4.69) is 14.7 Å². The number of hydrogen-bond donors (Lipinski definition) is 0. The highest BCUT2D eigenvalue weighted by Gasteiger charge is 2.60. The molecule has 0 aromatic carbocycles. The molecular formula is C21H29F6N5O4S. The summed E-state index contributed by atoms with van der Waals surface area (Å²) in [5.74, 6) is -0.0847. The Morgan fingerprint density at radius 3 is 2.08 bits per heavy atom. The third-order valence-electron chi connectivity index (χ3n) is 7.27. The SMILES string of the molecule is Cn1cc(CN2CC3CN(C(=O)OC(C(F)(F)F)C(F)(F)F)CC3C2)c(C2CCN(S(C)(=O)=O)CC2)n1. The van der Waals surface area contributed by atoms with Crippen molar-refractivity contribution in [1.29, 1.82) is 0 Å². The number of aromatic nitrogens is 2. The van der Waals surface area contributed by atoms with Gasteiger partial charge in [-0.05, 0) is 24.7 Å². The van der Waals surface area contributed by atoms with Gasteiger partial charge in [0.05, 0.1) is 11.9 Å². The van der Waals surface area contributed by atoms with Gasteiger partial charge in [-0.3, -0.25) is 9.58 Å². The molecule has 1 aromatic rings. The number of carbonyl (C=O) groups is 1. The minimum atomic E-state index is -5.75. The molecule has 9 nitrogen and oxygen atoms in total. The lowest BCUT2D eigenvalue weighted by atomic mass is 9.92. The van der Waals surface area contributed by atoms with Crippen LogP contribution in [0, 0.1) is 11.8 Å². The van der Waals surface area contributed by atoms with Gasteiger partial charge in [0, 0.05) is 70.5 Å². The van der Waals surface area contributed by atoms with Crippen molar-refractivity contribution in [2.24, 2.45) is 18.9 Å². The van der Waals surface area contributed by atoms with E-state index in [1.54, 1.807) is 11.7 Å². The number of rotatable bonds is 5. The largest absolute Gasteiger partial charge is 0.434 e. The minimum absolute atomic E-state index is 0.0201. The van der Waals surface area contributed by atoms with E-state index in [4.69, 9.17) is 0 Å². The van der Waals surface area contributed by atoms with Crippen molar-refractivity contribution in [3.8, 4) is 0 Å². The third kappa shape index (κ3) is 6.33. The van der Waals surface area contributed by atoms with Crippen molar-refractivity contribution in [1.82, 2.24) is 23.9 Å². The average molecular weight is 562 g/mol. The van der Waals surface area contributed by atoms with Gasteiger partial charge in [-0.1, -0.05) is 0 Å². The first-order chi connectivity index (χ1) is 17.0. The maximum atomic E-state index is 12.7. The molecule has 4 heterocycles. The number of nitrogens with zero attached hydrogens (tertiary/aromatic N) is 5. The number of likely N-dealkylation sites (tertiary alicyclic amines) is 2. The van der Waals surface area contributed by atoms with Gasteiger partial charge in [0.2, 0.25) is 10.0 Å². The predicted molar refractivity (Wildman–Crippen MR) is 118 cm³/mol. The average Bonchev–Trinajstić information content (AvgIpc) is 3.42. The molecule has 3 saturated heterocycles. The fourth-order valence-electron chi connectivity index (χ4n) is 5.59. The number of hydrogen-bond acceptors (Lipinski definition) is 6. The zero-order valence-corrected chi connectivity index (χ0v) is 21.1. The number of alkyl halides is 6. The fraction of sp³-hybridized carbons (Fsp3) is 0.810. The van der Waals surface area contributed by atoms with Crippen LogP contribution < -0.4 is 0 Å². The first-order valence-corrected chi connectivity index (χ1v) is 13.7. The van der Waals surface area contributed by atoms with E-state index >= 15 is 0 Å². The molecule has 0 saturated carbocycles. The highest BCUT2D eigenvalue weighted by atomic mass is 32.2. The number of piperidine rings is 1. The monoisotopic (exact) mass is 561 g/mol. The second-order valence-electron chi connectivity index (χ2n) is 10.1. The number of fused-ring (bicyclic) bond motifs is 1. The summed E-state index contributed by atoms with van der Waals surface area (Å²) in [7, 11) is -1.44. The van der Waals surface area contributed by atoms with Crippen molar-refractivity contribution < 1.29 is 44.3 Å². The number of amides is 1. The Hall–Kier alpha value is -2.07. The lowest BCUT2D eigenvalue weighted by Crippen LogP contribution is -2.48. The minimum Gasteiger partial charge on any atom is -0.426 e. The Bertz CT molecular complexity index is 1070. The molecule has 4 rings (SSSR count). The summed E-state index contributed by atoms with van der Waals surface area (Å²) in [6.45, 7) is 2.48. The number of halogens is 6. The summed E-state index contributed by atoms with van der Waals surface area (Å²) in [4.78, 5) is 15.2. The van der Waals surface area contributed by atoms with E-state index < -0.39 is 34.6 Å². The van der Waals surface area contributed by atoms with E-state index in [1.807, 2.05) is 6.20 Å². The van der Waals surface area contributed by atoms with Gasteiger partial charge < -0.3 is 9.64 Å². The maximum Gasteiger partial charge on any atom is 0.434 e. The zero-order chi connectivity index (χ0) is 27.3. The van der Waals surface area contributed by atoms with Crippen LogP contribution in [0.15, 0.2) is 6.20 Å². The summed E-state index contributed by atoms with van der Waals surface area (Å²) in [6, 6.07) is 0. The molecule has 0 bridgehead atoms. The molecule has 2 atom stereocenters. The Balaban J connectivity index is 1.33. The van der Waals surface area contributed by atoms with E-state index in [1.165, 1.54) is 10.6 Å². The predicted octanol–water partition coefficient (Wildman–Crippen LogP) is 2.55. The van der Waals surface area contributed by atoms with E-state index in [0.717, 1.165) is 16.2 Å². The highest BCUT2D eigenvalue weighted by Crippen LogP contribution is 2.38. The van der Waals surface area contributed by atoms with Crippen LogP contribution in [0.4, 0.5) is 31.1 Å². The second-order valence-corrected chi connectivity index (χ2v) is 12.1. The lowest BCUT2D eigenvalue weighted by molar-refractivity contribution is -0.308. The molecular weight excluding hydrogens is 532 g/mol. The molecule has 0 radical (unpaired) electrons. The van der Waals surface area contributed by atoms with E-state index in [-0.39, 0.29) is 30.8 Å². The molecule has 16 heteroatoms. The Morgan fingerprint density at radius 1 is 1.05 bits per heavy atom. The molecule has 0 aliphatic carbocycles. The molecule has 3 aliphatic rings. The summed E-state index contributed by atoms with van der Waals surface area (Å²) < 4.78 is 107. The number of ether oxygens (including phenoxy) is 1. The van der Waals surface area contributed by atoms with Gasteiger partial charge in [-0.15, -0.1) is 0 Å². The van der Waals surface area contributed by atoms with E-state index in [9.17, 15) is 39.6 Å². The first-order valence-electron chi connectivity index (χ1n) is 11.8. The second kappa shape index (κ2) is 9.91. The molecule has 210 valence electrons. The summed E-state index contributed by atoms with van der Waals surface area (Å²) in [6.07, 6.45) is -12.9. The zero-order valence-electron chi connectivity index (χ0n) is 20.3. The summed E-state index contributed by atoms with van der Waals surface area (Å²) in [5.41, 5.74) is 1.90. The van der Waals surface area contributed by atoms with Crippen LogP contribution in [-0.2, 0) is 28.4 Å². The van der Waals surface area contributed by atoms with Gasteiger partial charge in [0.25, 0.3) is 6.10 Å². The normalized spacial score (nSPS) is 24.7. The van der Waals surface area contributed by atoms with Crippen molar-refractivity contribution in [2.45, 2.75) is 43.8 Å². The Kier molecular flexibility index (Phi) is 7.49. The smallest absolute Gasteiger partial charge is 0.426 e. The summed E-state index contributed by atoms with van der Waals surface area (Å²) >= 11 is 0. The van der Waals surface area contributed by atoms with Crippen LogP contribution in [0.3, 0.4) is 0 Å². The fourth-order valence-corrected chi connectivity index (χ4v) is 6.46. The maximum absolute atomic E-state index is 12.7.